The smallest absolute Gasteiger partial charge is 0.333 e. The summed E-state index contributed by atoms with van der Waals surface area (Å²) in [5.41, 5.74) is 8.50. The zero-order chi connectivity index (χ0) is 22.7. The van der Waals surface area contributed by atoms with E-state index in [4.69, 9.17) is 26.8 Å². The van der Waals surface area contributed by atoms with Crippen molar-refractivity contribution in [2.24, 2.45) is 10.5 Å². The van der Waals surface area contributed by atoms with E-state index in [1.807, 2.05) is 48.5 Å². The molecule has 2 rings (SSSR count). The predicted molar refractivity (Wildman–Crippen MR) is 132 cm³/mol. The molecule has 2 aromatic rings. The van der Waals surface area contributed by atoms with Crippen LogP contribution in [0, 0.1) is 0 Å². The molecule has 0 fully saturated rings. The van der Waals surface area contributed by atoms with Gasteiger partial charge in [0.15, 0.2) is 0 Å². The summed E-state index contributed by atoms with van der Waals surface area (Å²) in [6, 6.07) is 17.4. The molecule has 1 unspecified atom stereocenters. The molecule has 7 heteroatoms. The van der Waals surface area contributed by atoms with Crippen molar-refractivity contribution >= 4 is 35.3 Å². The molecule has 0 aliphatic rings. The number of allylic oxidation sites excluding steroid dienone is 1. The molecule has 1 atom stereocenters. The van der Waals surface area contributed by atoms with Gasteiger partial charge in [-0.3, -0.25) is 0 Å². The Morgan fingerprint density at radius 3 is 2.45 bits per heavy atom. The number of ether oxygens (including phenoxy) is 1. The molecule has 0 saturated carbocycles. The number of carbonyl (C=O) groups is 1. The summed E-state index contributed by atoms with van der Waals surface area (Å²) in [6.45, 7) is 3.86. The third-order valence-corrected chi connectivity index (χ3v) is 7.77. The maximum absolute atomic E-state index is 11.6. The van der Waals surface area contributed by atoms with Crippen LogP contribution in [-0.2, 0) is 32.3 Å². The third kappa shape index (κ3) is 7.64. The highest BCUT2D eigenvalue weighted by Crippen LogP contribution is 2.50. The molecule has 5 nitrogen and oxygen atoms in total. The number of rotatable bonds is 11. The molecule has 0 aliphatic heterocycles. The highest BCUT2D eigenvalue weighted by atomic mass is 32.4. The van der Waals surface area contributed by atoms with Crippen LogP contribution < -0.4 is 11.0 Å². The van der Waals surface area contributed by atoms with Crippen molar-refractivity contribution in [3.8, 4) is 0 Å². The summed E-state index contributed by atoms with van der Waals surface area (Å²) >= 11 is 5.90. The van der Waals surface area contributed by atoms with Gasteiger partial charge in [0.2, 0.25) is 0 Å². The van der Waals surface area contributed by atoms with Crippen molar-refractivity contribution in [1.82, 2.24) is 0 Å². The molecule has 0 heterocycles. The van der Waals surface area contributed by atoms with E-state index in [0.29, 0.717) is 11.6 Å². The van der Waals surface area contributed by atoms with E-state index in [1.165, 1.54) is 32.4 Å². The van der Waals surface area contributed by atoms with E-state index in [9.17, 15) is 4.79 Å². The number of hydrogen-bond donors (Lipinski definition) is 1. The third-order valence-electron chi connectivity index (χ3n) is 4.70. The van der Waals surface area contributed by atoms with Crippen molar-refractivity contribution in [1.29, 1.82) is 0 Å². The monoisotopic (exact) mass is 458 g/mol. The van der Waals surface area contributed by atoms with E-state index >= 15 is 0 Å². The molecule has 0 amide bonds. The van der Waals surface area contributed by atoms with Crippen molar-refractivity contribution in [2.75, 3.05) is 7.11 Å². The average molecular weight is 459 g/mol. The number of aryl methyl sites for hydroxylation is 1. The minimum atomic E-state index is -2.95. The first-order valence-electron chi connectivity index (χ1n) is 10.4. The summed E-state index contributed by atoms with van der Waals surface area (Å²) in [5.74, 6) is 0.175. The van der Waals surface area contributed by atoms with Crippen LogP contribution in [0.25, 0.3) is 0 Å². The molecule has 166 valence electrons. The van der Waals surface area contributed by atoms with Gasteiger partial charge in [-0.25, -0.2) is 4.79 Å². The van der Waals surface area contributed by atoms with Crippen LogP contribution in [0.3, 0.4) is 0 Å². The van der Waals surface area contributed by atoms with Gasteiger partial charge in [0.25, 0.3) is 6.42 Å². The minimum absolute atomic E-state index is 0.337. The Balaban J connectivity index is 2.41. The topological polar surface area (TPSA) is 73.9 Å². The number of esters is 1. The SMILES string of the molecule is CCCCCCc1ccccc1C(N)=NP(=S)(OC(C)=CC(=O)OC)c1ccccc1. The lowest BCUT2D eigenvalue weighted by Crippen LogP contribution is -2.18. The quantitative estimate of drug-likeness (QED) is 0.0948. The number of amidine groups is 1. The summed E-state index contributed by atoms with van der Waals surface area (Å²) < 4.78 is 15.5. The number of hydrogen-bond acceptors (Lipinski definition) is 4. The summed E-state index contributed by atoms with van der Waals surface area (Å²) in [6.07, 6.45) is 3.94. The van der Waals surface area contributed by atoms with Gasteiger partial charge in [0.05, 0.1) is 13.2 Å². The lowest BCUT2D eigenvalue weighted by molar-refractivity contribution is -0.135. The van der Waals surface area contributed by atoms with Crippen molar-refractivity contribution in [3.05, 3.63) is 77.6 Å². The molecule has 2 aromatic carbocycles. The lowest BCUT2D eigenvalue weighted by atomic mass is 10.0. The number of nitrogens with zero attached hydrogens (tertiary/aromatic N) is 1. The first-order valence-corrected chi connectivity index (χ1v) is 13.1. The Bertz CT molecular complexity index is 974. The molecular formula is C24H31N2O3PS. The molecule has 0 spiro atoms. The minimum Gasteiger partial charge on any atom is -0.466 e. The van der Waals surface area contributed by atoms with Crippen molar-refractivity contribution < 1.29 is 14.1 Å². The Kier molecular flexibility index (Phi) is 9.96. The normalized spacial score (nSPS) is 14.0. The molecule has 0 bridgehead atoms. The second-order valence-electron chi connectivity index (χ2n) is 7.18. The second kappa shape index (κ2) is 12.4. The standard InChI is InChI=1S/C24H31N2O3PS/c1-4-5-6-8-13-20-14-11-12-17-22(20)24(25)26-30(31,21-15-9-7-10-16-21)29-19(2)18-23(27)28-3/h7,9-12,14-18H,4-6,8,13H2,1-3H3,(H2,25,26,31). The first-order chi connectivity index (χ1) is 14.9. The van der Waals surface area contributed by atoms with Crippen LogP contribution in [0.15, 0.2) is 71.2 Å². The molecule has 0 aromatic heterocycles. The van der Waals surface area contributed by atoms with E-state index in [2.05, 4.69) is 17.7 Å². The highest BCUT2D eigenvalue weighted by molar-refractivity contribution is 8.15. The van der Waals surface area contributed by atoms with Gasteiger partial charge < -0.3 is 15.0 Å². The second-order valence-corrected chi connectivity index (χ2v) is 10.6. The van der Waals surface area contributed by atoms with E-state index in [1.54, 1.807) is 6.92 Å². The first kappa shape index (κ1) is 24.8. The molecule has 2 N–H and O–H groups in total. The van der Waals surface area contributed by atoms with Gasteiger partial charge in [0, 0.05) is 10.9 Å². The predicted octanol–water partition coefficient (Wildman–Crippen LogP) is 5.24. The number of unbranched alkanes of at least 4 members (excludes halogenated alkanes) is 3. The van der Waals surface area contributed by atoms with E-state index < -0.39 is 12.4 Å². The van der Waals surface area contributed by atoms with E-state index in [0.717, 1.165) is 29.3 Å². The number of benzene rings is 2. The maximum Gasteiger partial charge on any atom is 0.333 e. The molecule has 0 saturated heterocycles. The zero-order valence-corrected chi connectivity index (χ0v) is 20.1. The fourth-order valence-electron chi connectivity index (χ4n) is 3.12. The fourth-order valence-corrected chi connectivity index (χ4v) is 5.75. The fraction of sp³-hybridized carbons (Fsp3) is 0.333. The van der Waals surface area contributed by atoms with Crippen molar-refractivity contribution in [3.63, 3.8) is 0 Å². The van der Waals surface area contributed by atoms with Crippen LogP contribution >= 0.6 is 6.42 Å². The number of methoxy groups -OCH3 is 1. The molecular weight excluding hydrogens is 427 g/mol. The van der Waals surface area contributed by atoms with Crippen LogP contribution in [0.5, 0.6) is 0 Å². The van der Waals surface area contributed by atoms with Gasteiger partial charge in [-0.15, -0.1) is 0 Å². The Morgan fingerprint density at radius 2 is 1.77 bits per heavy atom. The molecule has 0 radical (unpaired) electrons. The van der Waals surface area contributed by atoms with Crippen LogP contribution in [0.2, 0.25) is 0 Å². The zero-order valence-electron chi connectivity index (χ0n) is 18.4. The highest BCUT2D eigenvalue weighted by Gasteiger charge is 2.23. The largest absolute Gasteiger partial charge is 0.466 e. The van der Waals surface area contributed by atoms with Crippen LogP contribution in [0.4, 0.5) is 0 Å². The van der Waals surface area contributed by atoms with Crippen LogP contribution in [-0.4, -0.2) is 18.9 Å². The summed E-state index contributed by atoms with van der Waals surface area (Å²) in [4.78, 5) is 11.6. The number of carbonyl (C=O) groups excluding carboxylic acids is 1. The van der Waals surface area contributed by atoms with Crippen molar-refractivity contribution in [2.45, 2.75) is 46.0 Å². The lowest BCUT2D eigenvalue weighted by Gasteiger charge is -2.21. The van der Waals surface area contributed by atoms with Gasteiger partial charge in [-0.2, -0.15) is 4.76 Å². The number of nitrogens with two attached hydrogens (primary N) is 1. The Hall–Kier alpha value is -2.43. The summed E-state index contributed by atoms with van der Waals surface area (Å²) in [5, 5.41) is 0.756. The van der Waals surface area contributed by atoms with Gasteiger partial charge in [-0.1, -0.05) is 68.7 Å². The molecule has 31 heavy (non-hydrogen) atoms. The van der Waals surface area contributed by atoms with Gasteiger partial charge >= 0.3 is 5.97 Å². The molecule has 0 aliphatic carbocycles. The van der Waals surface area contributed by atoms with Gasteiger partial charge in [0.1, 0.15) is 11.6 Å². The Morgan fingerprint density at radius 1 is 1.10 bits per heavy atom. The van der Waals surface area contributed by atoms with Gasteiger partial charge in [-0.05, 0) is 49.3 Å². The average Bonchev–Trinajstić information content (AvgIpc) is 2.77. The van der Waals surface area contributed by atoms with E-state index in [-0.39, 0.29) is 0 Å². The Labute approximate surface area is 190 Å². The maximum atomic E-state index is 11.6. The van der Waals surface area contributed by atoms with Crippen LogP contribution in [0.1, 0.15) is 50.7 Å². The summed E-state index contributed by atoms with van der Waals surface area (Å²) in [7, 11) is 1.31.